The van der Waals surface area contributed by atoms with Crippen LogP contribution in [0.3, 0.4) is 0 Å². The van der Waals surface area contributed by atoms with Gasteiger partial charge in [0.25, 0.3) is 0 Å². The summed E-state index contributed by atoms with van der Waals surface area (Å²) in [4.78, 5) is 0. The first kappa shape index (κ1) is 254. The first-order chi connectivity index (χ1) is 53.2. The number of hydrogen-bond donors (Lipinski definition) is 3. The molecular formula is C76H100CuN16O10Rb30S2. The monoisotopic (exact) mass is 4070 g/mol. The van der Waals surface area contributed by atoms with E-state index in [1.807, 2.05) is 185 Å². The molecule has 0 aliphatic carbocycles. The molecule has 0 aliphatic rings. The van der Waals surface area contributed by atoms with Crippen molar-refractivity contribution in [3.63, 3.8) is 0 Å². The van der Waals surface area contributed by atoms with Gasteiger partial charge in [-0.15, -0.1) is 40.6 Å². The molecule has 3 N–H and O–H groups in total. The molecule has 135 heavy (non-hydrogen) atoms. The number of azo groups is 8. The minimum absolute atomic E-state index is 0. The maximum atomic E-state index is 10.4. The number of phenolic OH excluding ortho intramolecular Hbond substituents is 3. The topological polar surface area (TPSA) is 370 Å². The van der Waals surface area contributed by atoms with E-state index in [0.717, 1.165) is 609 Å². The number of hydrogen-bond acceptors (Lipinski definition) is 26. The van der Waals surface area contributed by atoms with Gasteiger partial charge in [-0.1, -0.05) is 95.1 Å². The molecule has 0 fully saturated rings. The van der Waals surface area contributed by atoms with Crippen LogP contribution < -0.4 is 815 Å². The second-order valence-electron chi connectivity index (χ2n) is 19.0. The van der Waals surface area contributed by atoms with E-state index in [1.54, 1.807) is 78.8 Å². The fourth-order valence-corrected chi connectivity index (χ4v) is 7.56. The van der Waals surface area contributed by atoms with Gasteiger partial charge in [-0.3, -0.25) is 0 Å². The third-order valence-corrected chi connectivity index (χ3v) is 11.8. The van der Waals surface area contributed by atoms with Gasteiger partial charge in [0.1, 0.15) is 22.8 Å². The fourth-order valence-electron chi connectivity index (χ4n) is 7.56. The molecule has 0 saturated carbocycles. The molecule has 0 aliphatic heterocycles. The zero-order valence-electron chi connectivity index (χ0n) is 97.0. The van der Waals surface area contributed by atoms with Crippen LogP contribution in [0.5, 0.6) is 17.2 Å². The van der Waals surface area contributed by atoms with Crippen LogP contribution in [-0.2, 0) is 43.0 Å². The molecule has 597 valence electrons. The average molecular weight is 4090 g/mol. The Balaban J connectivity index is -0.0000000287. The van der Waals surface area contributed by atoms with Gasteiger partial charge >= 0.3 is 1380 Å². The van der Waals surface area contributed by atoms with E-state index in [0.29, 0.717) is 28.1 Å². The van der Waals surface area contributed by atoms with Crippen LogP contribution in [0.1, 0.15) is 28.0 Å². The number of aromatic hydroxyl groups is 3. The number of nitrogens with zero attached hydrogens (tertiary/aromatic N) is 16. The van der Waals surface area contributed by atoms with Gasteiger partial charge in [-0.05, 0) is 160 Å². The van der Waals surface area contributed by atoms with Crippen LogP contribution in [0, 0.1) is 102 Å². The second kappa shape index (κ2) is 194. The van der Waals surface area contributed by atoms with Crippen LogP contribution in [-0.4, -0.2) is 625 Å². The van der Waals surface area contributed by atoms with Crippen molar-refractivity contribution in [2.45, 2.75) is 27.7 Å². The predicted octanol–water partition coefficient (Wildman–Crippen LogP) is -22.9. The molecule has 59 heteroatoms. The Morgan fingerprint density at radius 2 is 0.393 bits per heavy atom. The van der Waals surface area contributed by atoms with Gasteiger partial charge in [-0.25, -0.2) is 0 Å². The molecule has 0 saturated heterocycles. The van der Waals surface area contributed by atoms with Crippen LogP contribution in [0.15, 0.2) is 282 Å². The Morgan fingerprint density at radius 3 is 0.600 bits per heavy atom. The summed E-state index contributed by atoms with van der Waals surface area (Å²) >= 11 is 18.6. The molecule has 1 radical (unpaired) electrons. The van der Waals surface area contributed by atoms with Gasteiger partial charge in [0.05, 0.1) is 51.2 Å². The summed E-state index contributed by atoms with van der Waals surface area (Å²) < 4.78 is 54.9. The second-order valence-corrected chi connectivity index (χ2v) is 19.8. The Bertz CT molecular complexity index is 4560. The van der Waals surface area contributed by atoms with E-state index in [-0.39, 0.29) is 935 Å². The van der Waals surface area contributed by atoms with Crippen molar-refractivity contribution in [1.82, 2.24) is 0 Å². The van der Waals surface area contributed by atoms with E-state index in [9.17, 15) is 15.3 Å². The standard InChI is InChI=1S/C18H16N4O2.C18H16N4O.2C14H14N4.C2H6O.10CH3.Cu.2O3S.30Rb.4H/c1-11-3-6-14-12(9-11)4-7-16(18(14)24)22-21-15-8-5-13(20-19-2)10-17(15)23;1-12-3-9-16-13(11-12)4-10-17(18(16)23)22-21-15-7-5-14(6-8-15)20-19-2;2*1-11-3-5-13(6-4-11)17-18-14-9-7-12(8-10-14)16-15-2;1-3-2;;;;;;;;;;;;2*1-4(2)3;;;;;;;;;;;;;;;;;;;;;;;;;;;;;;;;;;/h3-10,23-24H,1-2H3;3-11,23H,1-2H3;2*3-10H,1-2H3;1-2H3;10*1H3;;;;;;;;;;;;;;;;;;;;;;;;;;;;;;;;;;;;;/q;;;;;10*-1;;;;;;;;;;;;;;;;;;;;14*+1;4*-1. The number of rotatable bonds is 12. The van der Waals surface area contributed by atoms with E-state index in [4.69, 9.17) is 25.3 Å². The quantitative estimate of drug-likeness (QED) is 0.0589. The van der Waals surface area contributed by atoms with Crippen LogP contribution in [0.25, 0.3) is 21.5 Å². The molecule has 0 spiro atoms. The zero-order chi connectivity index (χ0) is 84.8. The summed E-state index contributed by atoms with van der Waals surface area (Å²) in [6.45, 7) is 8.10. The normalized spacial score (nSPS) is 8.10. The molecule has 0 amide bonds. The minimum atomic E-state index is -3.11. The van der Waals surface area contributed by atoms with Crippen molar-refractivity contribution >= 4 is 653 Å². The first-order valence-electron chi connectivity index (χ1n) is 35.7. The van der Waals surface area contributed by atoms with Crippen molar-refractivity contribution in [2.75, 3.05) is 42.4 Å². The predicted molar refractivity (Wildman–Crippen MR) is 522 cm³/mol. The maximum absolute atomic E-state index is 10.4. The van der Waals surface area contributed by atoms with Gasteiger partial charge < -0.3 is 100 Å². The number of ether oxygens (including phenoxy) is 1. The molecule has 0 bridgehead atoms. The van der Waals surface area contributed by atoms with Crippen LogP contribution in [0.4, 0.5) is 68.2 Å². The van der Waals surface area contributed by atoms with E-state index < -0.39 is 21.2 Å². The van der Waals surface area contributed by atoms with E-state index >= 15 is 0 Å². The van der Waals surface area contributed by atoms with Gasteiger partial charge in [0, 0.05) is 76.3 Å². The zero-order valence-corrected chi connectivity index (χ0v) is 243. The molecular weight excluding hydrogens is 3990 g/mol. The summed E-state index contributed by atoms with van der Waals surface area (Å²) in [5.41, 5.74) is 12.6. The first-order valence-corrected chi connectivity index (χ1v) is 310. The molecule has 0 unspecified atom stereocenters. The summed E-state index contributed by atoms with van der Waals surface area (Å²) in [5, 5.41) is 97.5. The van der Waals surface area contributed by atoms with Gasteiger partial charge in [0.15, 0.2) is 11.5 Å². The van der Waals surface area contributed by atoms with Crippen molar-refractivity contribution in [2.24, 2.45) is 81.8 Å². The van der Waals surface area contributed by atoms with Crippen molar-refractivity contribution in [3.8, 4) is 17.2 Å². The molecule has 10 aromatic rings. The Hall–Kier alpha value is 42.8. The van der Waals surface area contributed by atoms with Crippen molar-refractivity contribution in [3.05, 3.63) is 297 Å². The van der Waals surface area contributed by atoms with Crippen LogP contribution >= 0.6 is 0 Å². The number of fused-ring (bicyclic) bond motifs is 2. The van der Waals surface area contributed by atoms with E-state index in [2.05, 4.69) is 86.6 Å². The fraction of sp³-hybridized carbons (Fsp3) is 0.132. The molecule has 0 aromatic heterocycles. The number of benzene rings is 10. The molecule has 10 rings (SSSR count). The number of phenols is 3. The third kappa shape index (κ3) is 150. The summed E-state index contributed by atoms with van der Waals surface area (Å²) in [5.74, 6) is 0.148. The summed E-state index contributed by atoms with van der Waals surface area (Å²) in [6, 6.07) is 61.5. The summed E-state index contributed by atoms with van der Waals surface area (Å²) in [7, 11) is 3.49. The Kier molecular flexibility index (Phi) is 366. The molecule has 10 aromatic carbocycles. The number of aryl methyl sites for hydroxylation is 4. The molecule has 0 atom stereocenters. The van der Waals surface area contributed by atoms with E-state index in [1.165, 1.54) is 17.2 Å². The average Bonchev–Trinajstić information content (AvgIpc) is 0.809. The number of methoxy groups -OCH3 is 1. The van der Waals surface area contributed by atoms with Crippen molar-refractivity contribution < 1.29 is 883 Å². The Labute approximate surface area is 1910 Å². The third-order valence-electron chi connectivity index (χ3n) is 11.8. The summed E-state index contributed by atoms with van der Waals surface area (Å²) in [6.07, 6.45) is 0. The molecule has 26 nitrogen and oxygen atoms in total. The van der Waals surface area contributed by atoms with Gasteiger partial charge in [0.2, 0.25) is 0 Å². The Morgan fingerprint density at radius 1 is 0.237 bits per heavy atom. The van der Waals surface area contributed by atoms with Gasteiger partial charge in [-0.2, -0.15) is 66.5 Å². The molecule has 0 heterocycles. The van der Waals surface area contributed by atoms with Crippen molar-refractivity contribution in [1.29, 1.82) is 0 Å². The SMILES string of the molecule is CN=Nc1ccc(N=Nc2ccc(C)cc2)cc1.CN=Nc1ccc(N=Nc2ccc(C)cc2)cc1.CN=Nc1ccc(N=Nc2ccc3cc(C)ccc3c2O)c(O)c1.CN=Nc1ccc(N=Nc2ccc3cc(C)ccc3c2O)cc1.COC.O=S(=O)=O.O=S(=O)=O.[CH3-].[CH3-].[CH3-].[CH3-].[CH3-].[CH3-].[CH3-].[CH3-].[CH3-].[CH3-].[Cu].[H-].[H-].[H-].[H-].[Rb+].[Rb+].[Rb+].[Rb+].[Rb+].[Rb+].[Rb+].[Rb+].[Rb+].[Rb+].[Rb+].[Rb+].[Rb+].[Rb+].[Rb][Rb].[Rb][Rb].[Rb][Rb].[Rb][Rb].[Rb][Rb].[Rb][Rb].[Rb][Rb].[Rb][Rb]. The van der Waals surface area contributed by atoms with Crippen LogP contribution in [0.2, 0.25) is 0 Å².